The molecule has 0 unspecified atom stereocenters. The molecular formula is C18H22BrN3O2. The number of aromatic nitrogens is 2. The van der Waals surface area contributed by atoms with Crippen molar-refractivity contribution in [3.63, 3.8) is 0 Å². The smallest absolute Gasteiger partial charge is 0.168 e. The van der Waals surface area contributed by atoms with Crippen LogP contribution in [0.2, 0.25) is 0 Å². The number of rotatable bonds is 4. The Labute approximate surface area is 150 Å². The van der Waals surface area contributed by atoms with E-state index < -0.39 is 0 Å². The van der Waals surface area contributed by atoms with Gasteiger partial charge in [-0.2, -0.15) is 0 Å². The minimum Gasteiger partial charge on any atom is -0.348 e. The zero-order valence-corrected chi connectivity index (χ0v) is 15.1. The molecule has 0 atom stereocenters. The van der Waals surface area contributed by atoms with Gasteiger partial charge in [0.05, 0.1) is 31.6 Å². The molecule has 128 valence electrons. The van der Waals surface area contributed by atoms with Gasteiger partial charge in [0.25, 0.3) is 0 Å². The van der Waals surface area contributed by atoms with Crippen LogP contribution in [0, 0.1) is 0 Å². The van der Waals surface area contributed by atoms with Gasteiger partial charge < -0.3 is 19.8 Å². The van der Waals surface area contributed by atoms with Crippen LogP contribution in [0.1, 0.15) is 31.5 Å². The summed E-state index contributed by atoms with van der Waals surface area (Å²) in [6, 6.07) is 8.73. The summed E-state index contributed by atoms with van der Waals surface area (Å²) in [5.41, 5.74) is 2.18. The van der Waals surface area contributed by atoms with Crippen LogP contribution in [0.25, 0.3) is 11.3 Å². The van der Waals surface area contributed by atoms with Crippen LogP contribution < -0.4 is 5.32 Å². The van der Waals surface area contributed by atoms with Gasteiger partial charge in [0.1, 0.15) is 5.82 Å². The number of hydrogen-bond donors (Lipinski definition) is 2. The molecule has 0 amide bonds. The maximum atomic E-state index is 5.78. The average Bonchev–Trinajstić information content (AvgIpc) is 3.25. The van der Waals surface area contributed by atoms with E-state index in [0.717, 1.165) is 67.0 Å². The van der Waals surface area contributed by atoms with Gasteiger partial charge in [-0.3, -0.25) is 0 Å². The van der Waals surface area contributed by atoms with E-state index in [9.17, 15) is 0 Å². The van der Waals surface area contributed by atoms with E-state index in [1.807, 2.05) is 18.3 Å². The Kier molecular flexibility index (Phi) is 4.72. The van der Waals surface area contributed by atoms with Gasteiger partial charge in [-0.1, -0.05) is 28.1 Å². The van der Waals surface area contributed by atoms with Crippen LogP contribution in [-0.4, -0.2) is 35.0 Å². The van der Waals surface area contributed by atoms with Crippen molar-refractivity contribution in [2.24, 2.45) is 0 Å². The minimum absolute atomic E-state index is 0.281. The number of nitrogens with zero attached hydrogens (tertiary/aromatic N) is 1. The quantitative estimate of drug-likeness (QED) is 0.835. The first-order valence-electron chi connectivity index (χ1n) is 8.54. The van der Waals surface area contributed by atoms with Gasteiger partial charge in [-0.25, -0.2) is 4.98 Å². The number of halogens is 1. The number of imidazole rings is 1. The predicted octanol–water partition coefficient (Wildman–Crippen LogP) is 3.61. The van der Waals surface area contributed by atoms with Gasteiger partial charge in [-0.15, -0.1) is 0 Å². The summed E-state index contributed by atoms with van der Waals surface area (Å²) in [6.45, 7) is 2.24. The number of nitrogens with one attached hydrogen (secondary N) is 2. The third kappa shape index (κ3) is 3.57. The monoisotopic (exact) mass is 391 g/mol. The van der Waals surface area contributed by atoms with Crippen LogP contribution in [0.5, 0.6) is 0 Å². The van der Waals surface area contributed by atoms with Crippen molar-refractivity contribution >= 4 is 15.9 Å². The molecule has 2 heterocycles. The fourth-order valence-corrected chi connectivity index (χ4v) is 3.94. The zero-order chi connectivity index (χ0) is 16.4. The summed E-state index contributed by atoms with van der Waals surface area (Å²) in [4.78, 5) is 7.90. The van der Waals surface area contributed by atoms with Gasteiger partial charge in [-0.05, 0) is 25.0 Å². The lowest BCUT2D eigenvalue weighted by Gasteiger charge is -2.35. The van der Waals surface area contributed by atoms with E-state index in [2.05, 4.69) is 43.3 Å². The van der Waals surface area contributed by atoms with E-state index in [-0.39, 0.29) is 5.79 Å². The number of benzene rings is 1. The van der Waals surface area contributed by atoms with Gasteiger partial charge >= 0.3 is 0 Å². The number of H-pyrrole nitrogens is 1. The number of ether oxygens (including phenoxy) is 2. The second-order valence-corrected chi connectivity index (χ2v) is 7.43. The van der Waals surface area contributed by atoms with Gasteiger partial charge in [0.15, 0.2) is 5.79 Å². The molecule has 5 nitrogen and oxygen atoms in total. The highest BCUT2D eigenvalue weighted by molar-refractivity contribution is 9.10. The van der Waals surface area contributed by atoms with Gasteiger partial charge in [0, 0.05) is 28.9 Å². The maximum absolute atomic E-state index is 5.78. The molecule has 1 saturated heterocycles. The molecular weight excluding hydrogens is 370 g/mol. The molecule has 24 heavy (non-hydrogen) atoms. The van der Waals surface area contributed by atoms with Crippen molar-refractivity contribution in [2.75, 3.05) is 13.2 Å². The molecule has 1 saturated carbocycles. The van der Waals surface area contributed by atoms with Crippen molar-refractivity contribution in [1.82, 2.24) is 15.3 Å². The van der Waals surface area contributed by atoms with E-state index in [1.54, 1.807) is 0 Å². The Morgan fingerprint density at radius 2 is 2.04 bits per heavy atom. The molecule has 1 aromatic carbocycles. The molecule has 4 rings (SSSR count). The first-order valence-corrected chi connectivity index (χ1v) is 9.33. The van der Waals surface area contributed by atoms with E-state index >= 15 is 0 Å². The highest BCUT2D eigenvalue weighted by Gasteiger charge is 2.40. The predicted molar refractivity (Wildman–Crippen MR) is 95.5 cm³/mol. The molecule has 1 aliphatic heterocycles. The second kappa shape index (κ2) is 6.96. The zero-order valence-electron chi connectivity index (χ0n) is 13.6. The maximum Gasteiger partial charge on any atom is 0.168 e. The van der Waals surface area contributed by atoms with Crippen LogP contribution >= 0.6 is 15.9 Å². The first-order chi connectivity index (χ1) is 11.7. The van der Waals surface area contributed by atoms with Gasteiger partial charge in [0.2, 0.25) is 0 Å². The molecule has 6 heteroatoms. The van der Waals surface area contributed by atoms with E-state index in [4.69, 9.17) is 9.47 Å². The Balaban J connectivity index is 1.31. The van der Waals surface area contributed by atoms with Crippen molar-refractivity contribution in [3.05, 3.63) is 40.8 Å². The summed E-state index contributed by atoms with van der Waals surface area (Å²) in [5.74, 6) is 0.690. The molecule has 2 aliphatic rings. The van der Waals surface area contributed by atoms with Crippen molar-refractivity contribution in [2.45, 2.75) is 44.1 Å². The van der Waals surface area contributed by atoms with Crippen molar-refractivity contribution in [1.29, 1.82) is 0 Å². The van der Waals surface area contributed by atoms with Crippen LogP contribution in [-0.2, 0) is 16.0 Å². The molecule has 1 spiro atoms. The molecule has 2 fully saturated rings. The summed E-state index contributed by atoms with van der Waals surface area (Å²) >= 11 is 3.51. The topological polar surface area (TPSA) is 59.2 Å². The molecule has 1 aromatic heterocycles. The highest BCUT2D eigenvalue weighted by Crippen LogP contribution is 2.35. The van der Waals surface area contributed by atoms with E-state index in [0.29, 0.717) is 6.04 Å². The summed E-state index contributed by atoms with van der Waals surface area (Å²) in [6.07, 6.45) is 6.02. The fourth-order valence-electron chi connectivity index (χ4n) is 3.54. The molecule has 0 bridgehead atoms. The van der Waals surface area contributed by atoms with Crippen molar-refractivity contribution in [3.8, 4) is 11.3 Å². The molecule has 0 radical (unpaired) electrons. The molecule has 1 aliphatic carbocycles. The average molecular weight is 392 g/mol. The Hall–Kier alpha value is -1.21. The lowest BCUT2D eigenvalue weighted by molar-refractivity contribution is -0.179. The molecule has 2 aromatic rings. The number of hydrogen-bond acceptors (Lipinski definition) is 4. The summed E-state index contributed by atoms with van der Waals surface area (Å²) in [7, 11) is 0. The summed E-state index contributed by atoms with van der Waals surface area (Å²) in [5, 5.41) is 3.61. The van der Waals surface area contributed by atoms with E-state index in [1.165, 1.54) is 0 Å². The first kappa shape index (κ1) is 16.3. The Morgan fingerprint density at radius 1 is 1.25 bits per heavy atom. The largest absolute Gasteiger partial charge is 0.348 e. The van der Waals surface area contributed by atoms with Crippen LogP contribution in [0.15, 0.2) is 34.9 Å². The van der Waals surface area contributed by atoms with Crippen LogP contribution in [0.3, 0.4) is 0 Å². The molecule has 2 N–H and O–H groups in total. The SMILES string of the molecule is Brc1cccc(-c2cnc(CNC3CCC4(CC3)OCCO4)[nH]2)c1. The summed E-state index contributed by atoms with van der Waals surface area (Å²) < 4.78 is 12.6. The highest BCUT2D eigenvalue weighted by atomic mass is 79.9. The second-order valence-electron chi connectivity index (χ2n) is 6.52. The Bertz CT molecular complexity index is 687. The normalized spacial score (nSPS) is 20.7. The fraction of sp³-hybridized carbons (Fsp3) is 0.500. The van der Waals surface area contributed by atoms with Crippen molar-refractivity contribution < 1.29 is 9.47 Å². The Morgan fingerprint density at radius 3 is 2.79 bits per heavy atom. The lowest BCUT2D eigenvalue weighted by Crippen LogP contribution is -2.41. The lowest BCUT2D eigenvalue weighted by atomic mass is 9.90. The van der Waals surface area contributed by atoms with Crippen LogP contribution in [0.4, 0.5) is 0 Å². The standard InChI is InChI=1S/C18H22BrN3O2/c19-14-3-1-2-13(10-14)16-11-21-17(22-16)12-20-15-4-6-18(7-5-15)23-8-9-24-18/h1-3,10-11,15,20H,4-9,12H2,(H,21,22). The third-order valence-electron chi connectivity index (χ3n) is 4.88. The number of aromatic amines is 1. The third-order valence-corrected chi connectivity index (χ3v) is 5.38. The minimum atomic E-state index is -0.281.